The summed E-state index contributed by atoms with van der Waals surface area (Å²) in [5.41, 5.74) is 1.07. The normalized spacial score (nSPS) is 18.0. The van der Waals surface area contributed by atoms with Crippen molar-refractivity contribution in [3.63, 3.8) is 0 Å². The van der Waals surface area contributed by atoms with Crippen LogP contribution in [0.1, 0.15) is 37.9 Å². The molecule has 0 spiro atoms. The number of halogens is 3. The van der Waals surface area contributed by atoms with Crippen LogP contribution in [0.2, 0.25) is 5.02 Å². The van der Waals surface area contributed by atoms with Gasteiger partial charge in [0.05, 0.1) is 33.5 Å². The number of nitrogens with zero attached hydrogens (tertiary/aromatic N) is 5. The Kier molecular flexibility index (Phi) is 7.20. The summed E-state index contributed by atoms with van der Waals surface area (Å²) in [6.07, 6.45) is 2.92. The highest BCUT2D eigenvalue weighted by Crippen LogP contribution is 2.48. The zero-order valence-corrected chi connectivity index (χ0v) is 25.0. The molecule has 0 saturated carbocycles. The molecule has 4 heterocycles. The lowest BCUT2D eigenvalue weighted by Crippen LogP contribution is -2.61. The minimum Gasteiger partial charge on any atom is -0.381 e. The maximum atomic E-state index is 17.2. The topological polar surface area (TPSA) is 83.4 Å². The Labute approximate surface area is 252 Å². The predicted molar refractivity (Wildman–Crippen MR) is 165 cm³/mol. The lowest BCUT2D eigenvalue weighted by molar-refractivity contribution is -0.127. The predicted octanol–water partition coefficient (Wildman–Crippen LogP) is 5.83. The molecule has 2 atom stereocenters. The Hall–Kier alpha value is -4.31. The van der Waals surface area contributed by atoms with Crippen LogP contribution in [0.3, 0.4) is 0 Å². The molecule has 2 aromatic heterocycles. The Bertz CT molecular complexity index is 1870. The second-order valence-corrected chi connectivity index (χ2v) is 11.8. The summed E-state index contributed by atoms with van der Waals surface area (Å²) in [7, 11) is 0. The Morgan fingerprint density at radius 3 is 2.65 bits per heavy atom. The minimum absolute atomic E-state index is 0.0261. The van der Waals surface area contributed by atoms with E-state index in [0.717, 1.165) is 0 Å². The van der Waals surface area contributed by atoms with E-state index in [9.17, 15) is 9.59 Å². The number of pyridine rings is 1. The van der Waals surface area contributed by atoms with Crippen LogP contribution in [-0.4, -0.2) is 57.1 Å². The van der Waals surface area contributed by atoms with Crippen LogP contribution in [0.4, 0.5) is 20.3 Å². The van der Waals surface area contributed by atoms with E-state index in [4.69, 9.17) is 11.6 Å². The molecule has 4 aromatic rings. The second kappa shape index (κ2) is 10.8. The third-order valence-electron chi connectivity index (χ3n) is 8.29. The standard InChI is InChI=1S/C32H31ClF2N6O2/c1-6-22(42)39-14-18(5)40-19(15-39)13-37-28-24-30(26(35)23(25(28)33)20-9-7-8-10-21(20)34)41(32(43)38-31(24)40)29-17(4)11-12-36-27(29)16(2)3/h6-12,16,18-19,37H,1,13-15H2,2-5H3. The fraction of sp³-hybridized carbons (Fsp3) is 0.312. The van der Waals surface area contributed by atoms with E-state index in [0.29, 0.717) is 47.7 Å². The van der Waals surface area contributed by atoms with Gasteiger partial charge < -0.3 is 15.1 Å². The number of rotatable bonds is 4. The smallest absolute Gasteiger partial charge is 0.354 e. The number of nitrogens with one attached hydrogen (secondary N) is 1. The third-order valence-corrected chi connectivity index (χ3v) is 8.67. The molecule has 2 aliphatic heterocycles. The van der Waals surface area contributed by atoms with Gasteiger partial charge in [0.1, 0.15) is 17.2 Å². The summed E-state index contributed by atoms with van der Waals surface area (Å²) in [5, 5.41) is 3.64. The lowest BCUT2D eigenvalue weighted by Gasteiger charge is -2.45. The maximum absolute atomic E-state index is 17.2. The molecule has 8 nitrogen and oxygen atoms in total. The van der Waals surface area contributed by atoms with Crippen molar-refractivity contribution < 1.29 is 13.6 Å². The first-order valence-electron chi connectivity index (χ1n) is 14.2. The summed E-state index contributed by atoms with van der Waals surface area (Å²) in [4.78, 5) is 39.5. The van der Waals surface area contributed by atoms with Crippen LogP contribution in [0.25, 0.3) is 27.7 Å². The van der Waals surface area contributed by atoms with Gasteiger partial charge in [0, 0.05) is 43.0 Å². The fourth-order valence-corrected chi connectivity index (χ4v) is 6.75. The molecule has 1 saturated heterocycles. The summed E-state index contributed by atoms with van der Waals surface area (Å²) in [6, 6.07) is 6.96. The SMILES string of the molecule is C=CC(=O)N1CC(C)N2c3nc(=O)n(-c4c(C)ccnc4C(C)C)c4c(F)c(-c5ccccc5F)c(Cl)c(c34)NCC2C1. The Balaban J connectivity index is 1.76. The number of amides is 1. The van der Waals surface area contributed by atoms with Gasteiger partial charge >= 0.3 is 5.69 Å². The number of aromatic nitrogens is 3. The molecule has 1 amide bonds. The molecule has 1 N–H and O–H groups in total. The zero-order valence-electron chi connectivity index (χ0n) is 24.3. The molecule has 1 fully saturated rings. The fourth-order valence-electron chi connectivity index (χ4n) is 6.40. The molecule has 0 bridgehead atoms. The molecular weight excluding hydrogens is 574 g/mol. The molecular formula is C32H31ClF2N6O2. The lowest BCUT2D eigenvalue weighted by atomic mass is 9.99. The second-order valence-electron chi connectivity index (χ2n) is 11.4. The van der Waals surface area contributed by atoms with Crippen LogP contribution >= 0.6 is 11.6 Å². The van der Waals surface area contributed by atoms with Gasteiger partial charge in [0.2, 0.25) is 5.91 Å². The maximum Gasteiger partial charge on any atom is 0.354 e. The van der Waals surface area contributed by atoms with Crippen molar-refractivity contribution in [1.82, 2.24) is 19.4 Å². The van der Waals surface area contributed by atoms with Gasteiger partial charge in [-0.1, -0.05) is 50.2 Å². The average Bonchev–Trinajstić information content (AvgIpc) is 3.13. The van der Waals surface area contributed by atoms with E-state index in [1.54, 1.807) is 23.2 Å². The number of hydrogen-bond acceptors (Lipinski definition) is 6. The average molecular weight is 605 g/mol. The summed E-state index contributed by atoms with van der Waals surface area (Å²) >= 11 is 6.97. The molecule has 43 heavy (non-hydrogen) atoms. The van der Waals surface area contributed by atoms with Gasteiger partial charge in [-0.15, -0.1) is 0 Å². The first-order valence-corrected chi connectivity index (χ1v) is 14.5. The summed E-state index contributed by atoms with van der Waals surface area (Å²) in [5.74, 6) is -1.56. The highest BCUT2D eigenvalue weighted by molar-refractivity contribution is 6.38. The van der Waals surface area contributed by atoms with Crippen LogP contribution in [0.15, 0.2) is 54.0 Å². The number of fused-ring (bicyclic) bond motifs is 2. The van der Waals surface area contributed by atoms with Crippen molar-refractivity contribution in [2.24, 2.45) is 0 Å². The molecule has 11 heteroatoms. The van der Waals surface area contributed by atoms with Gasteiger partial charge in [-0.25, -0.2) is 13.6 Å². The first kappa shape index (κ1) is 28.8. The molecule has 222 valence electrons. The number of hydrogen-bond donors (Lipinski definition) is 1. The van der Waals surface area contributed by atoms with E-state index in [2.05, 4.69) is 21.9 Å². The quantitative estimate of drug-likeness (QED) is 0.295. The van der Waals surface area contributed by atoms with Crippen LogP contribution < -0.4 is 15.9 Å². The monoisotopic (exact) mass is 604 g/mol. The molecule has 2 unspecified atom stereocenters. The van der Waals surface area contributed by atoms with Crippen LogP contribution in [-0.2, 0) is 4.79 Å². The van der Waals surface area contributed by atoms with Crippen molar-refractivity contribution in [2.45, 2.75) is 45.7 Å². The van der Waals surface area contributed by atoms with Crippen molar-refractivity contribution in [1.29, 1.82) is 0 Å². The summed E-state index contributed by atoms with van der Waals surface area (Å²) in [6.45, 7) is 12.2. The Morgan fingerprint density at radius 1 is 1.21 bits per heavy atom. The summed E-state index contributed by atoms with van der Waals surface area (Å²) < 4.78 is 33.7. The van der Waals surface area contributed by atoms with Gasteiger partial charge in [-0.3, -0.25) is 14.3 Å². The molecule has 2 aliphatic rings. The van der Waals surface area contributed by atoms with E-state index in [-0.39, 0.29) is 51.4 Å². The number of benzene rings is 2. The first-order chi connectivity index (χ1) is 20.5. The third kappa shape index (κ3) is 4.47. The largest absolute Gasteiger partial charge is 0.381 e. The van der Waals surface area contributed by atoms with Crippen LogP contribution in [0, 0.1) is 18.6 Å². The van der Waals surface area contributed by atoms with Gasteiger partial charge in [-0.05, 0) is 43.5 Å². The van der Waals surface area contributed by atoms with E-state index >= 15 is 8.78 Å². The van der Waals surface area contributed by atoms with Crippen molar-refractivity contribution in [3.05, 3.63) is 87.6 Å². The van der Waals surface area contributed by atoms with Gasteiger partial charge in [0.25, 0.3) is 0 Å². The number of carbonyl (C=O) groups is 1. The van der Waals surface area contributed by atoms with E-state index < -0.39 is 17.3 Å². The van der Waals surface area contributed by atoms with Crippen molar-refractivity contribution in [3.8, 4) is 16.8 Å². The number of aryl methyl sites for hydroxylation is 1. The highest BCUT2D eigenvalue weighted by atomic mass is 35.5. The molecule has 0 radical (unpaired) electrons. The van der Waals surface area contributed by atoms with E-state index in [1.165, 1.54) is 28.8 Å². The van der Waals surface area contributed by atoms with Crippen molar-refractivity contribution in [2.75, 3.05) is 29.9 Å². The zero-order chi connectivity index (χ0) is 30.7. The molecule has 6 rings (SSSR count). The molecule has 0 aliphatic carbocycles. The van der Waals surface area contributed by atoms with Gasteiger partial charge in [-0.2, -0.15) is 4.98 Å². The van der Waals surface area contributed by atoms with Gasteiger partial charge in [0.15, 0.2) is 5.82 Å². The number of anilines is 2. The van der Waals surface area contributed by atoms with Crippen LogP contribution in [0.5, 0.6) is 0 Å². The Morgan fingerprint density at radius 2 is 1.95 bits per heavy atom. The van der Waals surface area contributed by atoms with E-state index in [1.807, 2.05) is 32.6 Å². The molecule has 2 aromatic carbocycles. The van der Waals surface area contributed by atoms with Crippen molar-refractivity contribution >= 4 is 39.9 Å². The number of piperazine rings is 1. The number of carbonyl (C=O) groups excluding carboxylic acids is 1. The highest BCUT2D eigenvalue weighted by Gasteiger charge is 2.40. The minimum atomic E-state index is -0.846.